The molecule has 0 aromatic carbocycles. The second kappa shape index (κ2) is 6.71. The summed E-state index contributed by atoms with van der Waals surface area (Å²) in [4.78, 5) is 0. The monoisotopic (exact) mass is 193 g/mol. The first kappa shape index (κ1) is 11.0. The summed E-state index contributed by atoms with van der Waals surface area (Å²) in [6, 6.07) is 0. The van der Waals surface area contributed by atoms with Crippen molar-refractivity contribution >= 4 is 23.2 Å². The number of hydrogen-bond donors (Lipinski definition) is 1. The van der Waals surface area contributed by atoms with Crippen molar-refractivity contribution in [1.82, 2.24) is 5.32 Å². The van der Waals surface area contributed by atoms with Crippen molar-refractivity contribution in [3.8, 4) is 0 Å². The maximum absolute atomic E-state index is 5.60. The summed E-state index contributed by atoms with van der Waals surface area (Å²) < 4.78 is 0. The molecule has 64 valence electrons. The van der Waals surface area contributed by atoms with Crippen molar-refractivity contribution in [2.45, 2.75) is 13.8 Å². The zero-order valence-electron chi connectivity index (χ0n) is 6.82. The van der Waals surface area contributed by atoms with E-state index in [0.29, 0.717) is 0 Å². The summed E-state index contributed by atoms with van der Waals surface area (Å²) in [5.74, 6) is 0. The van der Waals surface area contributed by atoms with Gasteiger partial charge in [0.1, 0.15) is 0 Å². The van der Waals surface area contributed by atoms with E-state index in [2.05, 4.69) is 5.32 Å². The van der Waals surface area contributed by atoms with E-state index < -0.39 is 0 Å². The van der Waals surface area contributed by atoms with Gasteiger partial charge >= 0.3 is 0 Å². The lowest BCUT2D eigenvalue weighted by molar-refractivity contribution is 0.839. The first-order valence-electron chi connectivity index (χ1n) is 3.48. The number of rotatable bonds is 4. The maximum atomic E-state index is 5.60. The lowest BCUT2D eigenvalue weighted by Crippen LogP contribution is -2.13. The van der Waals surface area contributed by atoms with Gasteiger partial charge in [-0.3, -0.25) is 0 Å². The Kier molecular flexibility index (Phi) is 6.73. The lowest BCUT2D eigenvalue weighted by Gasteiger charge is -1.95. The second-order valence-electron chi connectivity index (χ2n) is 2.24. The molecular weight excluding hydrogens is 181 g/mol. The van der Waals surface area contributed by atoms with E-state index in [1.165, 1.54) is 0 Å². The molecule has 1 N–H and O–H groups in total. The van der Waals surface area contributed by atoms with E-state index in [-0.39, 0.29) is 0 Å². The molecule has 0 aromatic rings. The molecule has 0 rings (SSSR count). The molecule has 0 aliphatic carbocycles. The van der Waals surface area contributed by atoms with E-state index in [1.807, 2.05) is 26.0 Å². The van der Waals surface area contributed by atoms with Crippen molar-refractivity contribution in [1.29, 1.82) is 0 Å². The SMILES string of the molecule is C/C(Cl)=C/CNC/C=C(/C)Cl. The molecule has 0 spiro atoms. The highest BCUT2D eigenvalue weighted by Crippen LogP contribution is 1.96. The van der Waals surface area contributed by atoms with E-state index in [1.54, 1.807) is 0 Å². The molecule has 0 heterocycles. The van der Waals surface area contributed by atoms with Gasteiger partial charge in [-0.2, -0.15) is 0 Å². The Labute approximate surface area is 78.1 Å². The largest absolute Gasteiger partial charge is 0.310 e. The zero-order chi connectivity index (χ0) is 8.69. The average Bonchev–Trinajstić information content (AvgIpc) is 1.85. The van der Waals surface area contributed by atoms with Crippen LogP contribution in [0.15, 0.2) is 22.2 Å². The predicted molar refractivity (Wildman–Crippen MR) is 52.1 cm³/mol. The fraction of sp³-hybridized carbons (Fsp3) is 0.500. The summed E-state index contributed by atoms with van der Waals surface area (Å²) in [7, 11) is 0. The number of allylic oxidation sites excluding steroid dienone is 2. The fourth-order valence-electron chi connectivity index (χ4n) is 0.509. The third-order valence-corrected chi connectivity index (χ3v) is 1.36. The van der Waals surface area contributed by atoms with Crippen molar-refractivity contribution < 1.29 is 0 Å². The first-order chi connectivity index (χ1) is 5.13. The molecule has 0 saturated heterocycles. The van der Waals surface area contributed by atoms with E-state index in [4.69, 9.17) is 23.2 Å². The summed E-state index contributed by atoms with van der Waals surface area (Å²) in [6.45, 7) is 5.28. The van der Waals surface area contributed by atoms with Crippen LogP contribution >= 0.6 is 23.2 Å². The average molecular weight is 194 g/mol. The number of nitrogens with one attached hydrogen (secondary N) is 1. The van der Waals surface area contributed by atoms with Crippen molar-refractivity contribution in [3.63, 3.8) is 0 Å². The van der Waals surface area contributed by atoms with Gasteiger partial charge in [0.2, 0.25) is 0 Å². The lowest BCUT2D eigenvalue weighted by atomic mass is 10.4. The van der Waals surface area contributed by atoms with Crippen molar-refractivity contribution in [3.05, 3.63) is 22.2 Å². The molecule has 0 bridgehead atoms. The highest BCUT2D eigenvalue weighted by Gasteiger charge is 1.82. The molecule has 0 radical (unpaired) electrons. The summed E-state index contributed by atoms with van der Waals surface area (Å²) >= 11 is 11.2. The molecule has 0 saturated carbocycles. The molecule has 1 nitrogen and oxygen atoms in total. The van der Waals surface area contributed by atoms with Crippen LogP contribution in [0, 0.1) is 0 Å². The van der Waals surface area contributed by atoms with Gasteiger partial charge in [-0.05, 0) is 13.8 Å². The zero-order valence-corrected chi connectivity index (χ0v) is 8.34. The van der Waals surface area contributed by atoms with Gasteiger partial charge < -0.3 is 5.32 Å². The predicted octanol–water partition coefficient (Wildman–Crippen LogP) is 2.86. The van der Waals surface area contributed by atoms with E-state index in [9.17, 15) is 0 Å². The van der Waals surface area contributed by atoms with Gasteiger partial charge in [0.25, 0.3) is 0 Å². The molecule has 3 heteroatoms. The Bertz CT molecular complexity index is 135. The van der Waals surface area contributed by atoms with Crippen LogP contribution in [0.5, 0.6) is 0 Å². The van der Waals surface area contributed by atoms with Gasteiger partial charge in [-0.15, -0.1) is 0 Å². The van der Waals surface area contributed by atoms with Crippen molar-refractivity contribution in [2.75, 3.05) is 13.1 Å². The highest BCUT2D eigenvalue weighted by atomic mass is 35.5. The molecule has 0 aliphatic rings. The highest BCUT2D eigenvalue weighted by molar-refractivity contribution is 6.29. The van der Waals surface area contributed by atoms with Gasteiger partial charge in [0.05, 0.1) is 0 Å². The van der Waals surface area contributed by atoms with E-state index >= 15 is 0 Å². The third-order valence-electron chi connectivity index (χ3n) is 1.06. The fourth-order valence-corrected chi connectivity index (χ4v) is 0.663. The van der Waals surface area contributed by atoms with Crippen LogP contribution in [0.1, 0.15) is 13.8 Å². The standard InChI is InChI=1S/C8H13Cl2N/c1-7(9)3-5-11-6-4-8(2)10/h3-4,11H,5-6H2,1-2H3/b7-3-,8-4-. The molecule has 0 amide bonds. The second-order valence-corrected chi connectivity index (χ2v) is 3.43. The molecule has 0 unspecified atom stereocenters. The maximum Gasteiger partial charge on any atom is 0.0152 e. The Morgan fingerprint density at radius 2 is 1.45 bits per heavy atom. The molecule has 0 aromatic heterocycles. The van der Waals surface area contributed by atoms with Crippen LogP contribution in [0.4, 0.5) is 0 Å². The first-order valence-corrected chi connectivity index (χ1v) is 4.23. The van der Waals surface area contributed by atoms with Crippen LogP contribution in [0.25, 0.3) is 0 Å². The Morgan fingerprint density at radius 1 is 1.09 bits per heavy atom. The Hall–Kier alpha value is 0.0200. The molecule has 11 heavy (non-hydrogen) atoms. The summed E-state index contributed by atoms with van der Waals surface area (Å²) in [5, 5.41) is 4.75. The van der Waals surface area contributed by atoms with Crippen LogP contribution < -0.4 is 5.32 Å². The van der Waals surface area contributed by atoms with Crippen LogP contribution in [0.2, 0.25) is 0 Å². The molecule has 0 fully saturated rings. The Balaban J connectivity index is 3.29. The topological polar surface area (TPSA) is 12.0 Å². The quantitative estimate of drug-likeness (QED) is 0.678. The smallest absolute Gasteiger partial charge is 0.0152 e. The van der Waals surface area contributed by atoms with Gasteiger partial charge in [-0.25, -0.2) is 0 Å². The van der Waals surface area contributed by atoms with Crippen molar-refractivity contribution in [2.24, 2.45) is 0 Å². The normalized spacial score (nSPS) is 13.8. The molecule has 0 atom stereocenters. The van der Waals surface area contributed by atoms with Gasteiger partial charge in [0, 0.05) is 23.2 Å². The minimum Gasteiger partial charge on any atom is -0.310 e. The number of hydrogen-bond acceptors (Lipinski definition) is 1. The van der Waals surface area contributed by atoms with Crippen LogP contribution in [-0.2, 0) is 0 Å². The summed E-state index contributed by atoms with van der Waals surface area (Å²) in [6.07, 6.45) is 3.83. The number of halogens is 2. The minimum atomic E-state index is 0.788. The van der Waals surface area contributed by atoms with Gasteiger partial charge in [-0.1, -0.05) is 35.4 Å². The van der Waals surface area contributed by atoms with Crippen LogP contribution in [0.3, 0.4) is 0 Å². The summed E-state index contributed by atoms with van der Waals surface area (Å²) in [5.41, 5.74) is 0. The molecular formula is C8H13Cl2N. The van der Waals surface area contributed by atoms with E-state index in [0.717, 1.165) is 23.2 Å². The molecule has 0 aliphatic heterocycles. The van der Waals surface area contributed by atoms with Gasteiger partial charge in [0.15, 0.2) is 0 Å². The minimum absolute atomic E-state index is 0.788. The Morgan fingerprint density at radius 3 is 1.73 bits per heavy atom. The van der Waals surface area contributed by atoms with Crippen LogP contribution in [-0.4, -0.2) is 13.1 Å². The third kappa shape index (κ3) is 10.0.